The van der Waals surface area contributed by atoms with Gasteiger partial charge in [-0.3, -0.25) is 0 Å². The molecule has 0 saturated carbocycles. The molecule has 1 aromatic carbocycles. The fraction of sp³-hybridized carbons (Fsp3) is 0.250. The Labute approximate surface area is 78.6 Å². The summed E-state index contributed by atoms with van der Waals surface area (Å²) >= 11 is 3.38. The van der Waals surface area contributed by atoms with E-state index in [0.717, 1.165) is 21.5 Å². The van der Waals surface area contributed by atoms with Gasteiger partial charge in [-0.1, -0.05) is 0 Å². The second-order valence-corrected chi connectivity index (χ2v) is 3.37. The van der Waals surface area contributed by atoms with Crippen LogP contribution in [0.1, 0.15) is 5.56 Å². The minimum atomic E-state index is 0.666. The summed E-state index contributed by atoms with van der Waals surface area (Å²) in [7, 11) is 1.65. The molecule has 0 N–H and O–H groups in total. The summed E-state index contributed by atoms with van der Waals surface area (Å²) in [5.41, 5.74) is 2.05. The standard InChI is InChI=1S/C8H7BrN2O/c1-12-8-2-5-4-10-11-7(5)3-6(8)9/h2-3H,4H2,1H3. The first kappa shape index (κ1) is 7.73. The fourth-order valence-corrected chi connectivity index (χ4v) is 1.64. The molecule has 0 amide bonds. The summed E-state index contributed by atoms with van der Waals surface area (Å²) in [4.78, 5) is 0. The van der Waals surface area contributed by atoms with Crippen molar-refractivity contribution in [3.8, 4) is 5.75 Å². The van der Waals surface area contributed by atoms with Gasteiger partial charge in [-0.25, -0.2) is 0 Å². The number of hydrogen-bond acceptors (Lipinski definition) is 3. The number of rotatable bonds is 1. The molecule has 1 aliphatic heterocycles. The van der Waals surface area contributed by atoms with Crippen LogP contribution in [0.2, 0.25) is 0 Å². The van der Waals surface area contributed by atoms with E-state index in [1.807, 2.05) is 12.1 Å². The normalized spacial score (nSPS) is 13.2. The van der Waals surface area contributed by atoms with Gasteiger partial charge >= 0.3 is 0 Å². The smallest absolute Gasteiger partial charge is 0.133 e. The third-order valence-corrected chi connectivity index (χ3v) is 2.39. The van der Waals surface area contributed by atoms with E-state index in [0.29, 0.717) is 6.54 Å². The lowest BCUT2D eigenvalue weighted by Crippen LogP contribution is -1.86. The number of hydrogen-bond donors (Lipinski definition) is 0. The van der Waals surface area contributed by atoms with E-state index in [1.54, 1.807) is 7.11 Å². The summed E-state index contributed by atoms with van der Waals surface area (Å²) in [5.74, 6) is 0.834. The van der Waals surface area contributed by atoms with E-state index < -0.39 is 0 Å². The van der Waals surface area contributed by atoms with Crippen LogP contribution in [0, 0.1) is 0 Å². The SMILES string of the molecule is COc1cc2c(cc1Br)N=NC2. The average Bonchev–Trinajstić information content (AvgIpc) is 2.49. The Morgan fingerprint density at radius 1 is 1.50 bits per heavy atom. The summed E-state index contributed by atoms with van der Waals surface area (Å²) in [6.07, 6.45) is 0. The molecule has 0 aliphatic carbocycles. The van der Waals surface area contributed by atoms with Crippen LogP contribution in [0.5, 0.6) is 5.75 Å². The molecule has 2 rings (SSSR count). The monoisotopic (exact) mass is 226 g/mol. The van der Waals surface area contributed by atoms with Gasteiger partial charge in [0.1, 0.15) is 5.75 Å². The molecule has 0 radical (unpaired) electrons. The van der Waals surface area contributed by atoms with Crippen molar-refractivity contribution in [2.45, 2.75) is 6.54 Å². The number of nitrogens with zero attached hydrogens (tertiary/aromatic N) is 2. The first-order chi connectivity index (χ1) is 5.81. The van der Waals surface area contributed by atoms with Crippen LogP contribution in [-0.4, -0.2) is 7.11 Å². The molecule has 0 fully saturated rings. The van der Waals surface area contributed by atoms with Gasteiger partial charge in [-0.15, -0.1) is 0 Å². The van der Waals surface area contributed by atoms with Crippen molar-refractivity contribution >= 4 is 21.6 Å². The quantitative estimate of drug-likeness (QED) is 0.725. The lowest BCUT2D eigenvalue weighted by Gasteiger charge is -2.04. The first-order valence-corrected chi connectivity index (χ1v) is 4.34. The molecule has 12 heavy (non-hydrogen) atoms. The molecule has 1 heterocycles. The van der Waals surface area contributed by atoms with Crippen molar-refractivity contribution in [2.24, 2.45) is 10.2 Å². The molecule has 0 saturated heterocycles. The number of benzene rings is 1. The molecular formula is C8H7BrN2O. The van der Waals surface area contributed by atoms with Crippen LogP contribution in [0.25, 0.3) is 0 Å². The molecule has 0 aromatic heterocycles. The van der Waals surface area contributed by atoms with Gasteiger partial charge in [0.2, 0.25) is 0 Å². The zero-order valence-electron chi connectivity index (χ0n) is 6.54. The van der Waals surface area contributed by atoms with Crippen LogP contribution in [0.4, 0.5) is 5.69 Å². The summed E-state index contributed by atoms with van der Waals surface area (Å²) in [6, 6.07) is 3.88. The number of fused-ring (bicyclic) bond motifs is 1. The Bertz CT molecular complexity index is 348. The Kier molecular flexibility index (Phi) is 1.84. The van der Waals surface area contributed by atoms with Gasteiger partial charge in [0.25, 0.3) is 0 Å². The van der Waals surface area contributed by atoms with E-state index in [1.165, 1.54) is 0 Å². The predicted molar refractivity (Wildman–Crippen MR) is 48.9 cm³/mol. The maximum absolute atomic E-state index is 5.14. The number of ether oxygens (including phenoxy) is 1. The molecule has 0 spiro atoms. The topological polar surface area (TPSA) is 34.0 Å². The molecule has 3 nitrogen and oxygen atoms in total. The van der Waals surface area contributed by atoms with Crippen LogP contribution in [-0.2, 0) is 6.54 Å². The van der Waals surface area contributed by atoms with Crippen molar-refractivity contribution in [3.05, 3.63) is 22.2 Å². The van der Waals surface area contributed by atoms with Crippen molar-refractivity contribution in [3.63, 3.8) is 0 Å². The van der Waals surface area contributed by atoms with Gasteiger partial charge in [-0.2, -0.15) is 10.2 Å². The molecule has 0 atom stereocenters. The van der Waals surface area contributed by atoms with Gasteiger partial charge in [0, 0.05) is 5.56 Å². The molecular weight excluding hydrogens is 220 g/mol. The highest BCUT2D eigenvalue weighted by molar-refractivity contribution is 9.10. The Morgan fingerprint density at radius 2 is 2.33 bits per heavy atom. The Balaban J connectivity index is 2.54. The molecule has 0 unspecified atom stereocenters. The van der Waals surface area contributed by atoms with Gasteiger partial charge in [0.05, 0.1) is 23.8 Å². The van der Waals surface area contributed by atoms with E-state index in [2.05, 4.69) is 26.2 Å². The minimum absolute atomic E-state index is 0.666. The third kappa shape index (κ3) is 1.12. The van der Waals surface area contributed by atoms with E-state index in [4.69, 9.17) is 4.74 Å². The van der Waals surface area contributed by atoms with E-state index >= 15 is 0 Å². The Hall–Kier alpha value is -0.900. The summed E-state index contributed by atoms with van der Waals surface area (Å²) < 4.78 is 6.06. The lowest BCUT2D eigenvalue weighted by molar-refractivity contribution is 0.412. The summed E-state index contributed by atoms with van der Waals surface area (Å²) in [5, 5.41) is 7.89. The maximum Gasteiger partial charge on any atom is 0.133 e. The molecule has 1 aliphatic rings. The van der Waals surface area contributed by atoms with Crippen molar-refractivity contribution in [1.82, 2.24) is 0 Å². The molecule has 62 valence electrons. The van der Waals surface area contributed by atoms with Crippen molar-refractivity contribution < 1.29 is 4.74 Å². The molecule has 1 aromatic rings. The zero-order chi connectivity index (χ0) is 8.55. The van der Waals surface area contributed by atoms with Gasteiger partial charge < -0.3 is 4.74 Å². The van der Waals surface area contributed by atoms with Crippen molar-refractivity contribution in [1.29, 1.82) is 0 Å². The first-order valence-electron chi connectivity index (χ1n) is 3.55. The van der Waals surface area contributed by atoms with Gasteiger partial charge in [-0.05, 0) is 28.1 Å². The van der Waals surface area contributed by atoms with Crippen LogP contribution in [0.3, 0.4) is 0 Å². The number of azo groups is 1. The van der Waals surface area contributed by atoms with Crippen molar-refractivity contribution in [2.75, 3.05) is 7.11 Å². The largest absolute Gasteiger partial charge is 0.496 e. The number of methoxy groups -OCH3 is 1. The maximum atomic E-state index is 5.14. The second kappa shape index (κ2) is 2.86. The highest BCUT2D eigenvalue weighted by Gasteiger charge is 2.11. The fourth-order valence-electron chi connectivity index (χ4n) is 1.15. The zero-order valence-corrected chi connectivity index (χ0v) is 8.13. The van der Waals surface area contributed by atoms with Crippen LogP contribution in [0.15, 0.2) is 26.8 Å². The highest BCUT2D eigenvalue weighted by Crippen LogP contribution is 2.36. The van der Waals surface area contributed by atoms with Crippen LogP contribution >= 0.6 is 15.9 Å². The predicted octanol–water partition coefficient (Wildman–Crippen LogP) is 3.06. The molecule has 4 heteroatoms. The molecule has 0 bridgehead atoms. The highest BCUT2D eigenvalue weighted by atomic mass is 79.9. The van der Waals surface area contributed by atoms with Crippen LogP contribution < -0.4 is 4.74 Å². The summed E-state index contributed by atoms with van der Waals surface area (Å²) in [6.45, 7) is 0.666. The Morgan fingerprint density at radius 3 is 3.08 bits per heavy atom. The third-order valence-electron chi connectivity index (χ3n) is 1.77. The lowest BCUT2D eigenvalue weighted by atomic mass is 10.2. The number of halogens is 1. The van der Waals surface area contributed by atoms with Gasteiger partial charge in [0.15, 0.2) is 0 Å². The minimum Gasteiger partial charge on any atom is -0.496 e. The van der Waals surface area contributed by atoms with E-state index in [-0.39, 0.29) is 0 Å². The second-order valence-electron chi connectivity index (χ2n) is 2.52. The average molecular weight is 227 g/mol. The van der Waals surface area contributed by atoms with E-state index in [9.17, 15) is 0 Å².